The van der Waals surface area contributed by atoms with Gasteiger partial charge in [0.1, 0.15) is 12.4 Å². The van der Waals surface area contributed by atoms with Crippen molar-refractivity contribution in [3.8, 4) is 17.1 Å². The van der Waals surface area contributed by atoms with Gasteiger partial charge < -0.3 is 19.7 Å². The average Bonchev–Trinajstić information content (AvgIpc) is 2.84. The highest BCUT2D eigenvalue weighted by atomic mass is 16.5. The molecule has 0 bridgehead atoms. The number of rotatable bonds is 4. The van der Waals surface area contributed by atoms with Gasteiger partial charge in [-0.15, -0.1) is 0 Å². The number of aromatic hydroxyl groups is 1. The molecule has 2 aromatic rings. The molecule has 0 saturated carbocycles. The summed E-state index contributed by atoms with van der Waals surface area (Å²) in [5, 5.41) is 16.3. The topological polar surface area (TPSA) is 80.4 Å². The molecule has 1 aromatic carbocycles. The van der Waals surface area contributed by atoms with E-state index in [-0.39, 0.29) is 11.4 Å². The Bertz CT molecular complexity index is 561. The standard InChI is InChI=1S/C13H15N3O3/c1-13(7-14-8-13)18-6-11-15-12(16-19-11)9-2-4-10(17)5-3-9/h2-5,14,17H,6-8H2,1H3. The van der Waals surface area contributed by atoms with Crippen LogP contribution < -0.4 is 5.32 Å². The van der Waals surface area contributed by atoms with Crippen LogP contribution in [-0.4, -0.2) is 33.9 Å². The summed E-state index contributed by atoms with van der Waals surface area (Å²) >= 11 is 0. The van der Waals surface area contributed by atoms with Crippen LogP contribution in [0.1, 0.15) is 12.8 Å². The Hall–Kier alpha value is -1.92. The molecular weight excluding hydrogens is 246 g/mol. The van der Waals surface area contributed by atoms with Crippen LogP contribution >= 0.6 is 0 Å². The van der Waals surface area contributed by atoms with Crippen molar-refractivity contribution in [2.24, 2.45) is 0 Å². The summed E-state index contributed by atoms with van der Waals surface area (Å²) in [5.41, 5.74) is 0.664. The van der Waals surface area contributed by atoms with Gasteiger partial charge in [-0.1, -0.05) is 5.16 Å². The lowest BCUT2D eigenvalue weighted by atomic mass is 10.0. The summed E-state index contributed by atoms with van der Waals surface area (Å²) in [5.74, 6) is 1.16. The first-order valence-corrected chi connectivity index (χ1v) is 6.11. The van der Waals surface area contributed by atoms with Crippen LogP contribution in [-0.2, 0) is 11.3 Å². The Morgan fingerprint density at radius 2 is 2.11 bits per heavy atom. The fraction of sp³-hybridized carbons (Fsp3) is 0.385. The van der Waals surface area contributed by atoms with E-state index in [4.69, 9.17) is 9.26 Å². The van der Waals surface area contributed by atoms with Crippen LogP contribution in [0.4, 0.5) is 0 Å². The highest BCUT2D eigenvalue weighted by Gasteiger charge is 2.33. The Balaban J connectivity index is 1.67. The van der Waals surface area contributed by atoms with Gasteiger partial charge in [-0.25, -0.2) is 0 Å². The maximum Gasteiger partial charge on any atom is 0.252 e. The summed E-state index contributed by atoms with van der Waals surface area (Å²) in [7, 11) is 0. The number of nitrogens with zero attached hydrogens (tertiary/aromatic N) is 2. The van der Waals surface area contributed by atoms with Crippen LogP contribution in [0.25, 0.3) is 11.4 Å². The number of aromatic nitrogens is 2. The van der Waals surface area contributed by atoms with E-state index >= 15 is 0 Å². The van der Waals surface area contributed by atoms with Crippen LogP contribution in [0.15, 0.2) is 28.8 Å². The smallest absolute Gasteiger partial charge is 0.252 e. The van der Waals surface area contributed by atoms with Crippen molar-refractivity contribution in [3.05, 3.63) is 30.2 Å². The maximum absolute atomic E-state index is 9.23. The quantitative estimate of drug-likeness (QED) is 0.864. The van der Waals surface area contributed by atoms with Crippen molar-refractivity contribution < 1.29 is 14.4 Å². The normalized spacial score (nSPS) is 17.1. The Kier molecular flexibility index (Phi) is 2.96. The summed E-state index contributed by atoms with van der Waals surface area (Å²) in [4.78, 5) is 4.27. The molecule has 0 aliphatic carbocycles. The molecule has 6 nitrogen and oxygen atoms in total. The number of hydrogen-bond acceptors (Lipinski definition) is 6. The first-order chi connectivity index (χ1) is 9.15. The van der Waals surface area contributed by atoms with Gasteiger partial charge in [-0.2, -0.15) is 4.98 Å². The minimum absolute atomic E-state index is 0.132. The molecule has 0 atom stereocenters. The summed E-state index contributed by atoms with van der Waals surface area (Å²) in [6.07, 6.45) is 0. The summed E-state index contributed by atoms with van der Waals surface area (Å²) < 4.78 is 10.9. The molecule has 1 aliphatic rings. The Morgan fingerprint density at radius 1 is 1.37 bits per heavy atom. The van der Waals surface area contributed by atoms with Crippen molar-refractivity contribution in [1.29, 1.82) is 0 Å². The SMILES string of the molecule is CC1(OCc2nc(-c3ccc(O)cc3)no2)CNC1. The number of nitrogens with one attached hydrogen (secondary N) is 1. The molecule has 2 heterocycles. The zero-order valence-electron chi connectivity index (χ0n) is 10.6. The van der Waals surface area contributed by atoms with Gasteiger partial charge in [-0.3, -0.25) is 0 Å². The van der Waals surface area contributed by atoms with E-state index in [2.05, 4.69) is 15.5 Å². The van der Waals surface area contributed by atoms with Crippen molar-refractivity contribution in [3.63, 3.8) is 0 Å². The van der Waals surface area contributed by atoms with E-state index in [9.17, 15) is 5.11 Å². The minimum atomic E-state index is -0.132. The molecule has 0 unspecified atom stereocenters. The molecule has 6 heteroatoms. The molecule has 1 aliphatic heterocycles. The molecule has 1 aromatic heterocycles. The fourth-order valence-corrected chi connectivity index (χ4v) is 1.86. The minimum Gasteiger partial charge on any atom is -0.508 e. The van der Waals surface area contributed by atoms with Crippen molar-refractivity contribution in [1.82, 2.24) is 15.5 Å². The Labute approximate surface area is 110 Å². The van der Waals surface area contributed by atoms with Gasteiger partial charge in [0, 0.05) is 18.7 Å². The summed E-state index contributed by atoms with van der Waals surface area (Å²) in [6, 6.07) is 6.65. The lowest BCUT2D eigenvalue weighted by Gasteiger charge is -2.38. The second-order valence-electron chi connectivity index (χ2n) is 4.90. The third-order valence-corrected chi connectivity index (χ3v) is 3.14. The van der Waals surface area contributed by atoms with Crippen molar-refractivity contribution in [2.45, 2.75) is 19.1 Å². The van der Waals surface area contributed by atoms with E-state index in [0.717, 1.165) is 18.7 Å². The van der Waals surface area contributed by atoms with Gasteiger partial charge >= 0.3 is 0 Å². The predicted octanol–water partition coefficient (Wildman–Crippen LogP) is 1.32. The second kappa shape index (κ2) is 4.64. The van der Waals surface area contributed by atoms with Gasteiger partial charge in [0.05, 0.1) is 5.60 Å². The number of benzene rings is 1. The molecule has 0 spiro atoms. The predicted molar refractivity (Wildman–Crippen MR) is 67.5 cm³/mol. The van der Waals surface area contributed by atoms with Crippen molar-refractivity contribution >= 4 is 0 Å². The second-order valence-corrected chi connectivity index (χ2v) is 4.90. The zero-order valence-corrected chi connectivity index (χ0v) is 10.6. The molecule has 100 valence electrons. The van der Waals surface area contributed by atoms with Crippen LogP contribution in [0, 0.1) is 0 Å². The van der Waals surface area contributed by atoms with E-state index in [0.29, 0.717) is 18.3 Å². The monoisotopic (exact) mass is 261 g/mol. The van der Waals surface area contributed by atoms with E-state index < -0.39 is 0 Å². The van der Waals surface area contributed by atoms with E-state index in [1.807, 2.05) is 6.92 Å². The molecular formula is C13H15N3O3. The fourth-order valence-electron chi connectivity index (χ4n) is 1.86. The molecule has 19 heavy (non-hydrogen) atoms. The molecule has 1 fully saturated rings. The van der Waals surface area contributed by atoms with Gasteiger partial charge in [0.15, 0.2) is 0 Å². The molecule has 0 amide bonds. The van der Waals surface area contributed by atoms with Gasteiger partial charge in [-0.05, 0) is 31.2 Å². The van der Waals surface area contributed by atoms with Crippen molar-refractivity contribution in [2.75, 3.05) is 13.1 Å². The zero-order chi connectivity index (χ0) is 13.3. The number of ether oxygens (including phenoxy) is 1. The van der Waals surface area contributed by atoms with E-state index in [1.165, 1.54) is 0 Å². The maximum atomic E-state index is 9.23. The van der Waals surface area contributed by atoms with Gasteiger partial charge in [0.25, 0.3) is 5.89 Å². The highest BCUT2D eigenvalue weighted by Crippen LogP contribution is 2.21. The largest absolute Gasteiger partial charge is 0.508 e. The third-order valence-electron chi connectivity index (χ3n) is 3.14. The first-order valence-electron chi connectivity index (χ1n) is 6.11. The number of phenols is 1. The number of phenolic OH excluding ortho intramolecular Hbond substituents is 1. The lowest BCUT2D eigenvalue weighted by Crippen LogP contribution is -2.58. The molecule has 2 N–H and O–H groups in total. The highest BCUT2D eigenvalue weighted by molar-refractivity contribution is 5.55. The molecule has 1 saturated heterocycles. The van der Waals surface area contributed by atoms with Crippen LogP contribution in [0.3, 0.4) is 0 Å². The van der Waals surface area contributed by atoms with Gasteiger partial charge in [0.2, 0.25) is 5.82 Å². The van der Waals surface area contributed by atoms with E-state index in [1.54, 1.807) is 24.3 Å². The van der Waals surface area contributed by atoms with Crippen LogP contribution in [0.5, 0.6) is 5.75 Å². The van der Waals surface area contributed by atoms with Crippen LogP contribution in [0.2, 0.25) is 0 Å². The lowest BCUT2D eigenvalue weighted by molar-refractivity contribution is -0.0841. The molecule has 3 rings (SSSR count). The first kappa shape index (κ1) is 12.1. The third kappa shape index (κ3) is 2.59. The molecule has 0 radical (unpaired) electrons. The summed E-state index contributed by atoms with van der Waals surface area (Å²) in [6.45, 7) is 4.03. The number of hydrogen-bond donors (Lipinski definition) is 2. The Morgan fingerprint density at radius 3 is 2.74 bits per heavy atom. The average molecular weight is 261 g/mol.